The third-order valence-corrected chi connectivity index (χ3v) is 4.99. The molecule has 156 valence electrons. The van der Waals surface area contributed by atoms with E-state index in [1.54, 1.807) is 12.0 Å². The Kier molecular flexibility index (Phi) is 8.61. The zero-order chi connectivity index (χ0) is 21.5. The van der Waals surface area contributed by atoms with Crippen molar-refractivity contribution in [1.29, 1.82) is 0 Å². The van der Waals surface area contributed by atoms with E-state index < -0.39 is 0 Å². The molecule has 0 saturated carbocycles. The van der Waals surface area contributed by atoms with Crippen molar-refractivity contribution in [2.24, 2.45) is 4.99 Å². The molecule has 0 radical (unpaired) electrons. The number of methoxy groups -OCH3 is 1. The molecule has 0 N–H and O–H groups in total. The van der Waals surface area contributed by atoms with Crippen LogP contribution in [0.25, 0.3) is 0 Å². The zero-order valence-corrected chi connectivity index (χ0v) is 22.1. The SMILES string of the molecule is COc1cc[c-]cc1.O=C1C(Cc2ccccc2)=NC2=[C-]CN(c3ccccc3)CN12.[Cd+2]. The van der Waals surface area contributed by atoms with E-state index in [1.165, 1.54) is 0 Å². The molecule has 0 fully saturated rings. The fourth-order valence-electron chi connectivity index (χ4n) is 3.36. The number of benzene rings is 3. The van der Waals surface area contributed by atoms with E-state index in [4.69, 9.17) is 4.74 Å². The van der Waals surface area contributed by atoms with Crippen LogP contribution < -0.4 is 9.64 Å². The summed E-state index contributed by atoms with van der Waals surface area (Å²) in [6.45, 7) is 1.16. The molecule has 5 rings (SSSR count). The summed E-state index contributed by atoms with van der Waals surface area (Å²) in [5, 5.41) is 0. The van der Waals surface area contributed by atoms with Gasteiger partial charge in [-0.05, 0) is 23.5 Å². The first-order valence-electron chi connectivity index (χ1n) is 10.1. The van der Waals surface area contributed by atoms with Crippen LogP contribution >= 0.6 is 0 Å². The first kappa shape index (κ1) is 23.7. The molecule has 6 heteroatoms. The Morgan fingerprint density at radius 1 is 0.969 bits per heavy atom. The Morgan fingerprint density at radius 2 is 1.62 bits per heavy atom. The third-order valence-electron chi connectivity index (χ3n) is 4.99. The van der Waals surface area contributed by atoms with Crippen molar-refractivity contribution in [3.05, 3.63) is 108 Å². The molecule has 0 aliphatic carbocycles. The Bertz CT molecular complexity index is 1070. The first-order valence-corrected chi connectivity index (χ1v) is 10.1. The van der Waals surface area contributed by atoms with Gasteiger partial charge in [0, 0.05) is 17.9 Å². The van der Waals surface area contributed by atoms with Gasteiger partial charge in [0.15, 0.2) is 0 Å². The van der Waals surface area contributed by atoms with E-state index >= 15 is 0 Å². The van der Waals surface area contributed by atoms with Crippen LogP contribution in [0.4, 0.5) is 5.69 Å². The molecule has 2 heterocycles. The maximum atomic E-state index is 12.6. The molecule has 0 unspecified atom stereocenters. The normalized spacial score (nSPS) is 14.3. The molecule has 3 aromatic carbocycles. The van der Waals surface area contributed by atoms with E-state index in [9.17, 15) is 4.79 Å². The maximum absolute atomic E-state index is 12.6. The molecular weight excluding hydrogens is 499 g/mol. The van der Waals surface area contributed by atoms with Crippen molar-refractivity contribution in [3.8, 4) is 5.75 Å². The van der Waals surface area contributed by atoms with Gasteiger partial charge < -0.3 is 20.6 Å². The Balaban J connectivity index is 0.000000274. The predicted octanol–water partition coefficient (Wildman–Crippen LogP) is 4.13. The number of carbonyl (C=O) groups excluding carboxylic acids is 1. The molecule has 0 spiro atoms. The van der Waals surface area contributed by atoms with Gasteiger partial charge in [0.1, 0.15) is 5.71 Å². The number of ether oxygens (including phenoxy) is 1. The van der Waals surface area contributed by atoms with E-state index in [-0.39, 0.29) is 33.2 Å². The zero-order valence-electron chi connectivity index (χ0n) is 18.1. The van der Waals surface area contributed by atoms with Gasteiger partial charge in [0.05, 0.1) is 13.8 Å². The molecule has 32 heavy (non-hydrogen) atoms. The van der Waals surface area contributed by atoms with Gasteiger partial charge >= 0.3 is 27.3 Å². The second-order valence-corrected chi connectivity index (χ2v) is 7.07. The molecule has 0 bridgehead atoms. The number of rotatable bonds is 4. The van der Waals surface area contributed by atoms with Crippen molar-refractivity contribution in [3.63, 3.8) is 0 Å². The van der Waals surface area contributed by atoms with Crippen molar-refractivity contribution in [2.45, 2.75) is 6.42 Å². The van der Waals surface area contributed by atoms with E-state index in [1.807, 2.05) is 84.9 Å². The summed E-state index contributed by atoms with van der Waals surface area (Å²) in [7, 11) is 1.65. The number of nitrogens with zero attached hydrogens (tertiary/aromatic N) is 3. The van der Waals surface area contributed by atoms with Gasteiger partial charge in [0.2, 0.25) is 0 Å². The average molecular weight is 522 g/mol. The summed E-state index contributed by atoms with van der Waals surface area (Å²) in [4.78, 5) is 20.9. The second-order valence-electron chi connectivity index (χ2n) is 7.07. The molecule has 2 aliphatic heterocycles. The number of aliphatic imine (C=N–C) groups is 1. The average Bonchev–Trinajstić information content (AvgIpc) is 3.15. The van der Waals surface area contributed by atoms with Crippen LogP contribution in [0.15, 0.2) is 95.7 Å². The van der Waals surface area contributed by atoms with Crippen molar-refractivity contribution >= 4 is 17.3 Å². The minimum atomic E-state index is -0.0167. The van der Waals surface area contributed by atoms with E-state index in [0.717, 1.165) is 17.0 Å². The summed E-state index contributed by atoms with van der Waals surface area (Å²) >= 11 is 0. The molecule has 0 saturated heterocycles. The van der Waals surface area contributed by atoms with Crippen LogP contribution in [0.2, 0.25) is 0 Å². The number of hydrogen-bond donors (Lipinski definition) is 0. The van der Waals surface area contributed by atoms with Gasteiger partial charge in [-0.2, -0.15) is 18.2 Å². The molecule has 3 aromatic rings. The summed E-state index contributed by atoms with van der Waals surface area (Å²) in [6, 6.07) is 30.3. The van der Waals surface area contributed by atoms with Gasteiger partial charge in [0.25, 0.3) is 5.91 Å². The maximum Gasteiger partial charge on any atom is 2.00 e. The van der Waals surface area contributed by atoms with Gasteiger partial charge in [-0.25, -0.2) is 0 Å². The van der Waals surface area contributed by atoms with Crippen molar-refractivity contribution < 1.29 is 36.8 Å². The summed E-state index contributed by atoms with van der Waals surface area (Å²) < 4.78 is 4.89. The summed E-state index contributed by atoms with van der Waals surface area (Å²) in [5.74, 6) is 1.52. The monoisotopic (exact) mass is 523 g/mol. The molecular formula is C26H23CdN3O2. The smallest absolute Gasteiger partial charge is 0.522 e. The molecule has 1 amide bonds. The van der Waals surface area contributed by atoms with Crippen LogP contribution in [-0.4, -0.2) is 36.8 Å². The van der Waals surface area contributed by atoms with Crippen LogP contribution in [0.1, 0.15) is 5.56 Å². The number of hydrogen-bond acceptors (Lipinski definition) is 4. The number of carbonyl (C=O) groups is 1. The standard InChI is InChI=1S/C19H16N3O.C7H7O.Cd/c23-19-17(13-15-7-3-1-4-8-15)20-18-11-12-21(14-22(18)19)16-9-5-2-6-10-16;1-8-7-5-3-2-4-6-7;/h1-10H,12-14H2;3-6H,1H3;/q2*-1;+2. The Labute approximate surface area is 209 Å². The van der Waals surface area contributed by atoms with Crippen LogP contribution in [-0.2, 0) is 38.5 Å². The van der Waals surface area contributed by atoms with Crippen LogP contribution in [0.3, 0.4) is 0 Å². The minimum absolute atomic E-state index is 0. The quantitative estimate of drug-likeness (QED) is 0.383. The van der Waals surface area contributed by atoms with Crippen molar-refractivity contribution in [1.82, 2.24) is 4.90 Å². The largest absolute Gasteiger partial charge is 2.00 e. The second kappa shape index (κ2) is 11.6. The third kappa shape index (κ3) is 5.85. The van der Waals surface area contributed by atoms with Gasteiger partial charge in [-0.3, -0.25) is 9.79 Å². The number of fused-ring (bicyclic) bond motifs is 1. The summed E-state index contributed by atoms with van der Waals surface area (Å²) in [6.07, 6.45) is 3.80. The number of amides is 1. The van der Waals surface area contributed by atoms with Gasteiger partial charge in [-0.15, -0.1) is 18.7 Å². The Hall–Kier alpha value is -2.94. The number of anilines is 1. The minimum Gasteiger partial charge on any atom is -0.522 e. The Morgan fingerprint density at radius 3 is 2.25 bits per heavy atom. The van der Waals surface area contributed by atoms with Crippen LogP contribution in [0.5, 0.6) is 5.75 Å². The molecule has 5 nitrogen and oxygen atoms in total. The number of para-hydroxylation sites is 1. The topological polar surface area (TPSA) is 45.1 Å². The summed E-state index contributed by atoms with van der Waals surface area (Å²) in [5.41, 5.74) is 2.77. The van der Waals surface area contributed by atoms with Crippen LogP contribution in [0, 0.1) is 12.1 Å². The fourth-order valence-corrected chi connectivity index (χ4v) is 3.36. The van der Waals surface area contributed by atoms with Gasteiger partial charge in [-0.1, -0.05) is 48.5 Å². The predicted molar refractivity (Wildman–Crippen MR) is 122 cm³/mol. The molecule has 0 atom stereocenters. The van der Waals surface area contributed by atoms with E-state index in [0.29, 0.717) is 31.2 Å². The first-order chi connectivity index (χ1) is 15.2. The fraction of sp³-hybridized carbons (Fsp3) is 0.154. The van der Waals surface area contributed by atoms with Crippen molar-refractivity contribution in [2.75, 3.05) is 25.2 Å². The molecule has 2 aliphatic rings. The molecule has 0 aromatic heterocycles. The van der Waals surface area contributed by atoms with E-state index in [2.05, 4.69) is 22.0 Å².